The van der Waals surface area contributed by atoms with Gasteiger partial charge in [-0.1, -0.05) is 35.3 Å². The number of carbonyl (C=O) groups excluding carboxylic acids is 1. The zero-order valence-corrected chi connectivity index (χ0v) is 13.6. The normalized spacial score (nSPS) is 10.7. The van der Waals surface area contributed by atoms with E-state index in [-0.39, 0.29) is 5.69 Å². The zero-order chi connectivity index (χ0) is 17.0. The van der Waals surface area contributed by atoms with Crippen LogP contribution in [0.4, 0.5) is 11.4 Å². The number of nitro benzene ring substituents is 1. The van der Waals surface area contributed by atoms with Gasteiger partial charge in [0.05, 0.1) is 15.0 Å². The average molecular weight is 351 g/mol. The maximum atomic E-state index is 11.9. The van der Waals surface area contributed by atoms with Crippen molar-refractivity contribution in [2.24, 2.45) is 0 Å². The van der Waals surface area contributed by atoms with Crippen molar-refractivity contribution in [3.63, 3.8) is 0 Å². The van der Waals surface area contributed by atoms with Crippen LogP contribution in [0.5, 0.6) is 0 Å². The van der Waals surface area contributed by atoms with E-state index < -0.39 is 10.8 Å². The van der Waals surface area contributed by atoms with E-state index in [9.17, 15) is 14.9 Å². The first-order valence-electron chi connectivity index (χ1n) is 6.56. The Morgan fingerprint density at radius 3 is 2.57 bits per heavy atom. The summed E-state index contributed by atoms with van der Waals surface area (Å²) < 4.78 is 0. The van der Waals surface area contributed by atoms with Gasteiger partial charge in [0.25, 0.3) is 5.69 Å². The molecule has 0 heterocycles. The quantitative estimate of drug-likeness (QED) is 0.486. The van der Waals surface area contributed by atoms with Crippen LogP contribution in [-0.4, -0.2) is 10.8 Å². The second-order valence-electron chi connectivity index (χ2n) is 4.75. The molecule has 2 aromatic carbocycles. The van der Waals surface area contributed by atoms with Crippen molar-refractivity contribution < 1.29 is 9.72 Å². The van der Waals surface area contributed by atoms with Gasteiger partial charge >= 0.3 is 0 Å². The van der Waals surface area contributed by atoms with Crippen molar-refractivity contribution in [2.45, 2.75) is 6.92 Å². The molecule has 0 radical (unpaired) electrons. The summed E-state index contributed by atoms with van der Waals surface area (Å²) in [5.41, 5.74) is 1.55. The maximum Gasteiger partial charge on any atom is 0.274 e. The van der Waals surface area contributed by atoms with Gasteiger partial charge in [0.1, 0.15) is 0 Å². The van der Waals surface area contributed by atoms with E-state index in [2.05, 4.69) is 5.32 Å². The van der Waals surface area contributed by atoms with Crippen LogP contribution < -0.4 is 5.32 Å². The fourth-order valence-electron chi connectivity index (χ4n) is 1.86. The van der Waals surface area contributed by atoms with Gasteiger partial charge in [-0.15, -0.1) is 0 Å². The summed E-state index contributed by atoms with van der Waals surface area (Å²) in [6.45, 7) is 1.63. The minimum Gasteiger partial charge on any atom is -0.322 e. The predicted octanol–water partition coefficient (Wildman–Crippen LogP) is 4.86. The standard InChI is InChI=1S/C16H12Cl2N2O3/c1-10-2-5-12(9-15(10)20(22)23)19-16(21)7-4-11-3-6-13(17)14(18)8-11/h2-9H,1H3,(H,19,21). The highest BCUT2D eigenvalue weighted by Crippen LogP contribution is 2.24. The van der Waals surface area contributed by atoms with Crippen LogP contribution in [0.1, 0.15) is 11.1 Å². The SMILES string of the molecule is Cc1ccc(NC(=O)C=Cc2ccc(Cl)c(Cl)c2)cc1[N+](=O)[O-]. The molecule has 0 aliphatic carbocycles. The summed E-state index contributed by atoms with van der Waals surface area (Å²) in [4.78, 5) is 22.3. The number of anilines is 1. The fourth-order valence-corrected chi connectivity index (χ4v) is 2.16. The molecule has 0 aliphatic heterocycles. The molecule has 7 heteroatoms. The number of nitrogens with one attached hydrogen (secondary N) is 1. The van der Waals surface area contributed by atoms with E-state index >= 15 is 0 Å². The number of halogens is 2. The Labute approximate surface area is 142 Å². The van der Waals surface area contributed by atoms with Crippen LogP contribution >= 0.6 is 23.2 Å². The molecule has 118 valence electrons. The third-order valence-electron chi connectivity index (χ3n) is 3.04. The monoisotopic (exact) mass is 350 g/mol. The van der Waals surface area contributed by atoms with Gasteiger partial charge in [0.15, 0.2) is 0 Å². The van der Waals surface area contributed by atoms with Crippen LogP contribution in [0.2, 0.25) is 10.0 Å². The van der Waals surface area contributed by atoms with Gasteiger partial charge in [-0.2, -0.15) is 0 Å². The van der Waals surface area contributed by atoms with Crippen LogP contribution in [0.25, 0.3) is 6.08 Å². The highest BCUT2D eigenvalue weighted by atomic mass is 35.5. The Hall–Kier alpha value is -2.37. The van der Waals surface area contributed by atoms with Gasteiger partial charge in [-0.25, -0.2) is 0 Å². The minimum atomic E-state index is -0.490. The molecule has 1 amide bonds. The molecule has 0 bridgehead atoms. The fraction of sp³-hybridized carbons (Fsp3) is 0.0625. The Bertz CT molecular complexity index is 804. The first kappa shape index (κ1) is 17.0. The number of nitro groups is 1. The van der Waals surface area contributed by atoms with Crippen molar-refractivity contribution in [2.75, 3.05) is 5.32 Å². The second kappa shape index (κ2) is 7.26. The first-order chi connectivity index (χ1) is 10.9. The summed E-state index contributed by atoms with van der Waals surface area (Å²) >= 11 is 11.7. The smallest absolute Gasteiger partial charge is 0.274 e. The Morgan fingerprint density at radius 1 is 1.17 bits per heavy atom. The Morgan fingerprint density at radius 2 is 1.91 bits per heavy atom. The number of rotatable bonds is 4. The molecular formula is C16H12Cl2N2O3. The molecule has 0 saturated heterocycles. The third-order valence-corrected chi connectivity index (χ3v) is 3.78. The van der Waals surface area contributed by atoms with Crippen molar-refractivity contribution in [1.29, 1.82) is 0 Å². The zero-order valence-electron chi connectivity index (χ0n) is 12.0. The highest BCUT2D eigenvalue weighted by molar-refractivity contribution is 6.42. The summed E-state index contributed by atoms with van der Waals surface area (Å²) in [6, 6.07) is 9.48. The van der Waals surface area contributed by atoms with E-state index in [1.54, 1.807) is 43.3 Å². The minimum absolute atomic E-state index is 0.0451. The van der Waals surface area contributed by atoms with Crippen LogP contribution in [-0.2, 0) is 4.79 Å². The Balaban J connectivity index is 2.10. The van der Waals surface area contributed by atoms with Gasteiger partial charge < -0.3 is 5.32 Å². The molecule has 0 saturated carbocycles. The molecule has 0 atom stereocenters. The topological polar surface area (TPSA) is 72.2 Å². The van der Waals surface area contributed by atoms with Gasteiger partial charge in [0.2, 0.25) is 5.91 Å². The van der Waals surface area contributed by atoms with Crippen molar-refractivity contribution in [1.82, 2.24) is 0 Å². The lowest BCUT2D eigenvalue weighted by Gasteiger charge is -2.04. The summed E-state index contributed by atoms with van der Waals surface area (Å²) in [7, 11) is 0. The van der Waals surface area contributed by atoms with E-state index in [1.165, 1.54) is 12.1 Å². The van der Waals surface area contributed by atoms with Gasteiger partial charge in [0, 0.05) is 23.4 Å². The third kappa shape index (κ3) is 4.55. The highest BCUT2D eigenvalue weighted by Gasteiger charge is 2.11. The van der Waals surface area contributed by atoms with E-state index in [4.69, 9.17) is 23.2 Å². The van der Waals surface area contributed by atoms with Crippen LogP contribution in [0.3, 0.4) is 0 Å². The maximum absolute atomic E-state index is 11.9. The van der Waals surface area contributed by atoms with Gasteiger partial charge in [-0.05, 0) is 36.8 Å². The van der Waals surface area contributed by atoms with E-state index in [0.717, 1.165) is 0 Å². The Kier molecular flexibility index (Phi) is 5.36. The molecule has 0 spiro atoms. The number of benzene rings is 2. The first-order valence-corrected chi connectivity index (χ1v) is 7.31. The molecule has 2 rings (SSSR count). The lowest BCUT2D eigenvalue weighted by Crippen LogP contribution is -2.08. The lowest BCUT2D eigenvalue weighted by molar-refractivity contribution is -0.385. The molecule has 0 aromatic heterocycles. The van der Waals surface area contributed by atoms with E-state index in [0.29, 0.717) is 26.9 Å². The molecule has 0 unspecified atom stereocenters. The predicted molar refractivity (Wildman–Crippen MR) is 92.0 cm³/mol. The summed E-state index contributed by atoms with van der Waals surface area (Å²) in [6.07, 6.45) is 2.88. The second-order valence-corrected chi connectivity index (χ2v) is 5.57. The van der Waals surface area contributed by atoms with Crippen molar-refractivity contribution in [3.8, 4) is 0 Å². The number of nitrogens with zero attached hydrogens (tertiary/aromatic N) is 1. The largest absolute Gasteiger partial charge is 0.322 e. The number of carbonyl (C=O) groups is 1. The van der Waals surface area contributed by atoms with Crippen LogP contribution in [0, 0.1) is 17.0 Å². The van der Waals surface area contributed by atoms with Crippen molar-refractivity contribution in [3.05, 3.63) is 73.8 Å². The van der Waals surface area contributed by atoms with Crippen molar-refractivity contribution >= 4 is 46.6 Å². The average Bonchev–Trinajstić information content (AvgIpc) is 2.50. The molecule has 0 aliphatic rings. The molecule has 1 N–H and O–H groups in total. The lowest BCUT2D eigenvalue weighted by atomic mass is 10.2. The van der Waals surface area contributed by atoms with Gasteiger partial charge in [-0.3, -0.25) is 14.9 Å². The van der Waals surface area contributed by atoms with E-state index in [1.807, 2.05) is 0 Å². The molecule has 2 aromatic rings. The molecular weight excluding hydrogens is 339 g/mol. The molecule has 5 nitrogen and oxygen atoms in total. The van der Waals surface area contributed by atoms with Crippen LogP contribution in [0.15, 0.2) is 42.5 Å². The number of amides is 1. The number of hydrogen-bond donors (Lipinski definition) is 1. The number of hydrogen-bond acceptors (Lipinski definition) is 3. The summed E-state index contributed by atoms with van der Waals surface area (Å²) in [5, 5.41) is 14.3. The number of aryl methyl sites for hydroxylation is 1. The summed E-state index contributed by atoms with van der Waals surface area (Å²) in [5.74, 6) is -0.408. The molecule has 23 heavy (non-hydrogen) atoms. The molecule has 0 fully saturated rings.